The zero-order valence-corrected chi connectivity index (χ0v) is 11.6. The fourth-order valence-corrected chi connectivity index (χ4v) is 2.97. The summed E-state index contributed by atoms with van der Waals surface area (Å²) in [5.41, 5.74) is 2.35. The molecule has 0 aliphatic carbocycles. The van der Waals surface area contributed by atoms with Crippen molar-refractivity contribution in [3.05, 3.63) is 66.0 Å². The van der Waals surface area contributed by atoms with Crippen LogP contribution in [-0.2, 0) is 11.2 Å². The molecule has 0 saturated carbocycles. The van der Waals surface area contributed by atoms with E-state index in [2.05, 4.69) is 17.1 Å². The fraction of sp³-hybridized carbons (Fsp3) is 0.294. The van der Waals surface area contributed by atoms with Crippen molar-refractivity contribution in [1.29, 1.82) is 0 Å². The highest BCUT2D eigenvalue weighted by Crippen LogP contribution is 2.36. The molecule has 1 unspecified atom stereocenters. The van der Waals surface area contributed by atoms with Crippen LogP contribution < -0.4 is 0 Å². The minimum absolute atomic E-state index is 0.0765. The van der Waals surface area contributed by atoms with E-state index in [4.69, 9.17) is 0 Å². The molecule has 0 radical (unpaired) electrons. The Kier molecular flexibility index (Phi) is 3.50. The number of pyridine rings is 1. The predicted octanol–water partition coefficient (Wildman–Crippen LogP) is 2.84. The quantitative estimate of drug-likeness (QED) is 0.856. The number of hydrogen-bond acceptors (Lipinski definition) is 2. The molecule has 2 aromatic rings. The second-order valence-electron chi connectivity index (χ2n) is 5.37. The topological polar surface area (TPSA) is 33.2 Å². The van der Waals surface area contributed by atoms with Gasteiger partial charge in [-0.05, 0) is 30.0 Å². The summed E-state index contributed by atoms with van der Waals surface area (Å²) in [5.74, 6) is 0.315. The summed E-state index contributed by atoms with van der Waals surface area (Å²) in [6, 6.07) is 14.4. The minimum Gasteiger partial charge on any atom is -0.338 e. The summed E-state index contributed by atoms with van der Waals surface area (Å²) in [7, 11) is 1.89. The largest absolute Gasteiger partial charge is 0.338 e. The molecular formula is C17H18N2O. The molecule has 1 aromatic heterocycles. The number of carbonyl (C=O) groups is 1. The third-order valence-corrected chi connectivity index (χ3v) is 4.07. The molecule has 1 aliphatic rings. The van der Waals surface area contributed by atoms with E-state index in [-0.39, 0.29) is 17.9 Å². The van der Waals surface area contributed by atoms with Crippen molar-refractivity contribution >= 4 is 5.91 Å². The van der Waals surface area contributed by atoms with E-state index in [9.17, 15) is 4.79 Å². The van der Waals surface area contributed by atoms with Gasteiger partial charge in [0, 0.05) is 25.4 Å². The summed E-state index contributed by atoms with van der Waals surface area (Å²) in [6.45, 7) is 0. The first-order valence-corrected chi connectivity index (χ1v) is 6.96. The summed E-state index contributed by atoms with van der Waals surface area (Å²) >= 11 is 0. The lowest BCUT2D eigenvalue weighted by Crippen LogP contribution is -2.25. The Balaban J connectivity index is 1.77. The predicted molar refractivity (Wildman–Crippen MR) is 78.0 cm³/mol. The normalized spacial score (nSPS) is 22.2. The van der Waals surface area contributed by atoms with Crippen LogP contribution in [0.15, 0.2) is 54.9 Å². The number of carbonyl (C=O) groups excluding carboxylic acids is 1. The van der Waals surface area contributed by atoms with Gasteiger partial charge < -0.3 is 4.90 Å². The second-order valence-corrected chi connectivity index (χ2v) is 5.37. The van der Waals surface area contributed by atoms with Crippen LogP contribution >= 0.6 is 0 Å². The van der Waals surface area contributed by atoms with Crippen molar-refractivity contribution in [1.82, 2.24) is 9.88 Å². The standard InChI is InChI=1S/C17H18N2O/c1-19-16(14-8-5-9-18-12-14)11-15(17(19)20)10-13-6-3-2-4-7-13/h2-9,12,15-16H,10-11H2,1H3/t15?,16-/m0/s1. The van der Waals surface area contributed by atoms with Crippen molar-refractivity contribution < 1.29 is 4.79 Å². The summed E-state index contributed by atoms with van der Waals surface area (Å²) in [4.78, 5) is 18.4. The van der Waals surface area contributed by atoms with Crippen molar-refractivity contribution in [2.24, 2.45) is 5.92 Å². The second kappa shape index (κ2) is 5.45. The highest BCUT2D eigenvalue weighted by atomic mass is 16.2. The summed E-state index contributed by atoms with van der Waals surface area (Å²) in [6.07, 6.45) is 5.32. The first-order chi connectivity index (χ1) is 9.75. The van der Waals surface area contributed by atoms with E-state index in [1.54, 1.807) is 6.20 Å². The smallest absolute Gasteiger partial charge is 0.226 e. The number of benzene rings is 1. The molecule has 0 bridgehead atoms. The number of likely N-dealkylation sites (tertiary alicyclic amines) is 1. The van der Waals surface area contributed by atoms with E-state index < -0.39 is 0 Å². The lowest BCUT2D eigenvalue weighted by molar-refractivity contribution is -0.130. The lowest BCUT2D eigenvalue weighted by atomic mass is 9.94. The molecule has 3 nitrogen and oxygen atoms in total. The molecule has 1 aromatic carbocycles. The number of rotatable bonds is 3. The molecule has 20 heavy (non-hydrogen) atoms. The molecule has 2 atom stereocenters. The Labute approximate surface area is 119 Å². The average molecular weight is 266 g/mol. The van der Waals surface area contributed by atoms with Gasteiger partial charge in [-0.2, -0.15) is 0 Å². The van der Waals surface area contributed by atoms with Gasteiger partial charge in [0.2, 0.25) is 5.91 Å². The Morgan fingerprint density at radius 2 is 2.00 bits per heavy atom. The van der Waals surface area contributed by atoms with Crippen molar-refractivity contribution in [2.75, 3.05) is 7.05 Å². The van der Waals surface area contributed by atoms with Gasteiger partial charge in [0.1, 0.15) is 0 Å². The van der Waals surface area contributed by atoms with E-state index in [1.165, 1.54) is 5.56 Å². The molecule has 0 spiro atoms. The Morgan fingerprint density at radius 1 is 1.20 bits per heavy atom. The Morgan fingerprint density at radius 3 is 2.70 bits per heavy atom. The van der Waals surface area contributed by atoms with Crippen molar-refractivity contribution in [2.45, 2.75) is 18.9 Å². The van der Waals surface area contributed by atoms with Gasteiger partial charge in [-0.15, -0.1) is 0 Å². The number of hydrogen-bond donors (Lipinski definition) is 0. The zero-order valence-electron chi connectivity index (χ0n) is 11.6. The van der Waals surface area contributed by atoms with Gasteiger partial charge >= 0.3 is 0 Å². The molecule has 0 N–H and O–H groups in total. The summed E-state index contributed by atoms with van der Waals surface area (Å²) < 4.78 is 0. The maximum Gasteiger partial charge on any atom is 0.226 e. The van der Waals surface area contributed by atoms with E-state index >= 15 is 0 Å². The Hall–Kier alpha value is -2.16. The molecule has 3 heteroatoms. The summed E-state index contributed by atoms with van der Waals surface area (Å²) in [5, 5.41) is 0. The SMILES string of the molecule is CN1C(=O)C(Cc2ccccc2)C[C@H]1c1cccnc1. The molecule has 2 heterocycles. The van der Waals surface area contributed by atoms with E-state index in [0.717, 1.165) is 18.4 Å². The maximum atomic E-state index is 12.4. The van der Waals surface area contributed by atoms with E-state index in [1.807, 2.05) is 48.5 Å². The third-order valence-electron chi connectivity index (χ3n) is 4.07. The van der Waals surface area contributed by atoms with Gasteiger partial charge in [0.15, 0.2) is 0 Å². The number of nitrogens with zero attached hydrogens (tertiary/aromatic N) is 2. The lowest BCUT2D eigenvalue weighted by Gasteiger charge is -2.19. The molecule has 1 aliphatic heterocycles. The van der Waals surface area contributed by atoms with Gasteiger partial charge in [0.25, 0.3) is 0 Å². The van der Waals surface area contributed by atoms with Crippen LogP contribution in [0.2, 0.25) is 0 Å². The molecule has 102 valence electrons. The highest BCUT2D eigenvalue weighted by molar-refractivity contribution is 5.81. The van der Waals surface area contributed by atoms with Gasteiger partial charge in [-0.25, -0.2) is 0 Å². The molecule has 1 saturated heterocycles. The first kappa shape index (κ1) is 12.9. The van der Waals surface area contributed by atoms with Crippen LogP contribution in [0.4, 0.5) is 0 Å². The van der Waals surface area contributed by atoms with E-state index in [0.29, 0.717) is 0 Å². The highest BCUT2D eigenvalue weighted by Gasteiger charge is 2.37. The average Bonchev–Trinajstić information content (AvgIpc) is 2.78. The van der Waals surface area contributed by atoms with Crippen LogP contribution in [0.5, 0.6) is 0 Å². The van der Waals surface area contributed by atoms with Crippen molar-refractivity contribution in [3.8, 4) is 0 Å². The monoisotopic (exact) mass is 266 g/mol. The molecule has 3 rings (SSSR count). The first-order valence-electron chi connectivity index (χ1n) is 6.96. The number of amides is 1. The van der Waals surface area contributed by atoms with Crippen molar-refractivity contribution in [3.63, 3.8) is 0 Å². The van der Waals surface area contributed by atoms with Crippen LogP contribution in [0, 0.1) is 5.92 Å². The third kappa shape index (κ3) is 2.44. The van der Waals surface area contributed by atoms with Crippen LogP contribution in [0.25, 0.3) is 0 Å². The van der Waals surface area contributed by atoms with Crippen LogP contribution in [-0.4, -0.2) is 22.8 Å². The maximum absolute atomic E-state index is 12.4. The fourth-order valence-electron chi connectivity index (χ4n) is 2.97. The van der Waals surface area contributed by atoms with Crippen LogP contribution in [0.1, 0.15) is 23.6 Å². The van der Waals surface area contributed by atoms with Gasteiger partial charge in [-0.3, -0.25) is 9.78 Å². The van der Waals surface area contributed by atoms with Crippen LogP contribution in [0.3, 0.4) is 0 Å². The number of aromatic nitrogens is 1. The zero-order chi connectivity index (χ0) is 13.9. The molecule has 1 fully saturated rings. The van der Waals surface area contributed by atoms with Gasteiger partial charge in [0.05, 0.1) is 6.04 Å². The minimum atomic E-state index is 0.0765. The molecular weight excluding hydrogens is 248 g/mol. The Bertz CT molecular complexity index is 582. The molecule has 1 amide bonds. The van der Waals surface area contributed by atoms with Gasteiger partial charge in [-0.1, -0.05) is 36.4 Å².